The van der Waals surface area contributed by atoms with Crippen LogP contribution in [-0.2, 0) is 10.7 Å². The zero-order valence-corrected chi connectivity index (χ0v) is 19.9. The highest BCUT2D eigenvalue weighted by Crippen LogP contribution is 2.43. The van der Waals surface area contributed by atoms with Crippen LogP contribution in [0.15, 0.2) is 30.3 Å². The van der Waals surface area contributed by atoms with Crippen molar-refractivity contribution in [2.24, 2.45) is 5.41 Å². The van der Waals surface area contributed by atoms with Gasteiger partial charge in [-0.2, -0.15) is 5.26 Å². The van der Waals surface area contributed by atoms with Crippen LogP contribution in [0.25, 0.3) is 0 Å². The number of nitrogens with one attached hydrogen (secondary N) is 2. The highest BCUT2D eigenvalue weighted by Gasteiger charge is 2.49. The second kappa shape index (κ2) is 9.05. The van der Waals surface area contributed by atoms with E-state index in [2.05, 4.69) is 21.6 Å². The zero-order valence-electron chi connectivity index (χ0n) is 19.9. The van der Waals surface area contributed by atoms with Gasteiger partial charge in [0.25, 0.3) is 5.92 Å². The molecule has 0 bridgehead atoms. The number of nitriles is 1. The Morgan fingerprint density at radius 1 is 1.11 bits per heavy atom. The molecule has 9 heteroatoms. The van der Waals surface area contributed by atoms with E-state index < -0.39 is 35.9 Å². The number of piperidine rings is 1. The molecular weight excluding hydrogens is 452 g/mol. The summed E-state index contributed by atoms with van der Waals surface area (Å²) in [7, 11) is 0. The highest BCUT2D eigenvalue weighted by atomic mass is 19.3. The summed E-state index contributed by atoms with van der Waals surface area (Å²) < 4.78 is 29.6. The summed E-state index contributed by atoms with van der Waals surface area (Å²) in [5.74, 6) is -3.71. The fourth-order valence-electron chi connectivity index (χ4n) is 5.40. The Hall–Kier alpha value is -2.73. The van der Waals surface area contributed by atoms with Crippen LogP contribution < -0.4 is 10.6 Å². The van der Waals surface area contributed by atoms with E-state index >= 15 is 0 Å². The third-order valence-corrected chi connectivity index (χ3v) is 8.15. The molecule has 3 amide bonds. The molecule has 35 heavy (non-hydrogen) atoms. The van der Waals surface area contributed by atoms with Crippen LogP contribution in [0.1, 0.15) is 56.9 Å². The predicted octanol–water partition coefficient (Wildman–Crippen LogP) is 3.37. The third-order valence-electron chi connectivity index (χ3n) is 8.15. The average molecular weight is 486 g/mol. The van der Waals surface area contributed by atoms with Gasteiger partial charge in [0.15, 0.2) is 0 Å². The number of amides is 3. The molecule has 2 N–H and O–H groups in total. The number of hydrogen-bond donors (Lipinski definition) is 2. The molecule has 0 aromatic heterocycles. The molecule has 188 valence electrons. The SMILES string of the molecule is N#CC1(NC(=O)C(CCC(F)(F)c2ccccc2)NC(=O)N2CC3(CCN(C4CC4)CC3)C2)CC1. The average Bonchev–Trinajstić information content (AvgIpc) is 3.76. The molecule has 1 aromatic carbocycles. The first-order valence-corrected chi connectivity index (χ1v) is 12.7. The van der Waals surface area contributed by atoms with Crippen molar-refractivity contribution in [3.05, 3.63) is 35.9 Å². The summed E-state index contributed by atoms with van der Waals surface area (Å²) in [6, 6.07) is 8.79. The van der Waals surface area contributed by atoms with Crippen molar-refractivity contribution < 1.29 is 18.4 Å². The fourth-order valence-corrected chi connectivity index (χ4v) is 5.40. The quantitative estimate of drug-likeness (QED) is 0.591. The van der Waals surface area contributed by atoms with E-state index in [0.717, 1.165) is 32.0 Å². The van der Waals surface area contributed by atoms with Gasteiger partial charge in [0.05, 0.1) is 6.07 Å². The standard InChI is InChI=1S/C26H33F2N5O2/c27-26(28,19-4-2-1-3-5-19)9-8-21(22(34)31-25(16-29)10-11-25)30-23(35)33-17-24(18-33)12-14-32(15-13-24)20-6-7-20/h1-5,20-21H,6-15,17-18H2,(H,30,35)(H,31,34). The molecular formula is C26H33F2N5O2. The van der Waals surface area contributed by atoms with E-state index in [-0.39, 0.29) is 17.4 Å². The topological polar surface area (TPSA) is 88.5 Å². The number of hydrogen-bond acceptors (Lipinski definition) is 4. The third kappa shape index (κ3) is 5.27. The van der Waals surface area contributed by atoms with E-state index in [4.69, 9.17) is 0 Å². The Labute approximate surface area is 204 Å². The lowest BCUT2D eigenvalue weighted by atomic mass is 9.72. The van der Waals surface area contributed by atoms with E-state index in [9.17, 15) is 23.6 Å². The van der Waals surface area contributed by atoms with Gasteiger partial charge in [-0.05, 0) is 58.0 Å². The van der Waals surface area contributed by atoms with E-state index in [1.807, 2.05) is 0 Å². The molecule has 2 aliphatic heterocycles. The molecule has 2 aliphatic carbocycles. The Balaban J connectivity index is 1.18. The summed E-state index contributed by atoms with van der Waals surface area (Å²) in [6.45, 7) is 3.40. The van der Waals surface area contributed by atoms with E-state index in [1.54, 1.807) is 23.1 Å². The second-order valence-electron chi connectivity index (χ2n) is 10.9. The van der Waals surface area contributed by atoms with Gasteiger partial charge < -0.3 is 20.4 Å². The fraction of sp³-hybridized carbons (Fsp3) is 0.654. The number of rotatable bonds is 8. The Kier molecular flexibility index (Phi) is 6.20. The molecule has 5 rings (SSSR count). The van der Waals surface area contributed by atoms with E-state index in [1.165, 1.54) is 25.0 Å². The van der Waals surface area contributed by atoms with Crippen molar-refractivity contribution in [1.82, 2.24) is 20.4 Å². The van der Waals surface area contributed by atoms with Crippen molar-refractivity contribution in [1.29, 1.82) is 5.26 Å². The van der Waals surface area contributed by atoms with Crippen molar-refractivity contribution >= 4 is 11.9 Å². The van der Waals surface area contributed by atoms with Gasteiger partial charge >= 0.3 is 6.03 Å². The van der Waals surface area contributed by atoms with Crippen LogP contribution in [0.3, 0.4) is 0 Å². The van der Waals surface area contributed by atoms with Crippen molar-refractivity contribution in [3.8, 4) is 6.07 Å². The molecule has 1 spiro atoms. The molecule has 2 heterocycles. The van der Waals surface area contributed by atoms with Crippen molar-refractivity contribution in [2.45, 2.75) is 74.9 Å². The monoisotopic (exact) mass is 485 g/mol. The van der Waals surface area contributed by atoms with Gasteiger partial charge in [0.2, 0.25) is 5.91 Å². The Morgan fingerprint density at radius 2 is 1.77 bits per heavy atom. The first-order chi connectivity index (χ1) is 16.7. The van der Waals surface area contributed by atoms with Gasteiger partial charge in [0, 0.05) is 36.5 Å². The van der Waals surface area contributed by atoms with E-state index in [0.29, 0.717) is 25.9 Å². The zero-order chi connectivity index (χ0) is 24.7. The van der Waals surface area contributed by atoms with Crippen LogP contribution in [0, 0.1) is 16.7 Å². The maximum absolute atomic E-state index is 14.8. The normalized spacial score (nSPS) is 23.6. The molecule has 4 aliphatic rings. The van der Waals surface area contributed by atoms with Gasteiger partial charge in [-0.1, -0.05) is 30.3 Å². The lowest BCUT2D eigenvalue weighted by molar-refractivity contribution is -0.124. The minimum Gasteiger partial charge on any atom is -0.336 e. The van der Waals surface area contributed by atoms with Crippen LogP contribution >= 0.6 is 0 Å². The summed E-state index contributed by atoms with van der Waals surface area (Å²) >= 11 is 0. The first kappa shape index (κ1) is 24.0. The smallest absolute Gasteiger partial charge is 0.318 e. The maximum atomic E-state index is 14.8. The van der Waals surface area contributed by atoms with Gasteiger partial charge in [-0.25, -0.2) is 13.6 Å². The summed E-state index contributed by atoms with van der Waals surface area (Å²) in [6.07, 6.45) is 4.95. The molecule has 1 atom stereocenters. The number of alkyl halides is 2. The van der Waals surface area contributed by atoms with Crippen LogP contribution in [0.2, 0.25) is 0 Å². The number of halogens is 2. The molecule has 1 aromatic rings. The van der Waals surface area contributed by atoms with Crippen LogP contribution in [-0.4, -0.2) is 65.5 Å². The molecule has 2 saturated heterocycles. The Bertz CT molecular complexity index is 987. The lowest BCUT2D eigenvalue weighted by Gasteiger charge is -2.54. The number of benzene rings is 1. The maximum Gasteiger partial charge on any atom is 0.318 e. The van der Waals surface area contributed by atoms with Gasteiger partial charge in [0.1, 0.15) is 11.6 Å². The van der Waals surface area contributed by atoms with Crippen molar-refractivity contribution in [2.75, 3.05) is 26.2 Å². The predicted molar refractivity (Wildman–Crippen MR) is 125 cm³/mol. The van der Waals surface area contributed by atoms with Crippen LogP contribution in [0.4, 0.5) is 13.6 Å². The molecule has 4 fully saturated rings. The molecule has 2 saturated carbocycles. The minimum atomic E-state index is -3.13. The van der Waals surface area contributed by atoms with Gasteiger partial charge in [-0.3, -0.25) is 4.79 Å². The number of carbonyl (C=O) groups is 2. The molecule has 0 radical (unpaired) electrons. The number of nitrogens with zero attached hydrogens (tertiary/aromatic N) is 3. The highest BCUT2D eigenvalue weighted by molar-refractivity contribution is 5.88. The largest absolute Gasteiger partial charge is 0.336 e. The number of carbonyl (C=O) groups excluding carboxylic acids is 2. The summed E-state index contributed by atoms with van der Waals surface area (Å²) in [5.41, 5.74) is -0.915. The second-order valence-corrected chi connectivity index (χ2v) is 10.9. The molecule has 1 unspecified atom stereocenters. The Morgan fingerprint density at radius 3 is 2.34 bits per heavy atom. The minimum absolute atomic E-state index is 0.122. The first-order valence-electron chi connectivity index (χ1n) is 12.7. The lowest BCUT2D eigenvalue weighted by Crippen LogP contribution is -2.65. The number of likely N-dealkylation sites (tertiary alicyclic amines) is 2. The molecule has 7 nitrogen and oxygen atoms in total. The van der Waals surface area contributed by atoms with Crippen LogP contribution in [0.5, 0.6) is 0 Å². The van der Waals surface area contributed by atoms with Gasteiger partial charge in [-0.15, -0.1) is 0 Å². The summed E-state index contributed by atoms with van der Waals surface area (Å²) in [5, 5.41) is 14.7. The summed E-state index contributed by atoms with van der Waals surface area (Å²) in [4.78, 5) is 30.1. The number of urea groups is 1. The van der Waals surface area contributed by atoms with Crippen molar-refractivity contribution in [3.63, 3.8) is 0 Å².